The van der Waals surface area contributed by atoms with Crippen LogP contribution in [0.3, 0.4) is 0 Å². The van der Waals surface area contributed by atoms with Crippen molar-refractivity contribution < 1.29 is 22.7 Å². The maximum atomic E-state index is 12.9. The predicted octanol–water partition coefficient (Wildman–Crippen LogP) is 2.70. The Hall–Kier alpha value is -2.05. The highest BCUT2D eigenvalue weighted by Gasteiger charge is 2.34. The number of carbonyl (C=O) groups excluding carboxylic acids is 1. The van der Waals surface area contributed by atoms with Crippen LogP contribution in [0, 0.1) is 0 Å². The number of nitrogens with zero attached hydrogens (tertiary/aromatic N) is 2. The number of para-hydroxylation sites is 1. The Kier molecular flexibility index (Phi) is 3.69. The monoisotopic (exact) mass is 286 g/mol. The zero-order valence-corrected chi connectivity index (χ0v) is 11.0. The second-order valence-electron chi connectivity index (χ2n) is 4.24. The van der Waals surface area contributed by atoms with E-state index in [0.717, 1.165) is 6.07 Å². The number of aryl methyl sites for hydroxylation is 1. The Labute approximate surface area is 113 Å². The number of alkyl halides is 3. The van der Waals surface area contributed by atoms with Crippen molar-refractivity contribution in [2.75, 3.05) is 6.61 Å². The lowest BCUT2D eigenvalue weighted by Gasteiger charge is -2.06. The minimum atomic E-state index is -4.48. The number of hydrogen-bond acceptors (Lipinski definition) is 3. The molecule has 1 aromatic carbocycles. The molecule has 0 saturated carbocycles. The average Bonchev–Trinajstić information content (AvgIpc) is 2.65. The van der Waals surface area contributed by atoms with Gasteiger partial charge in [-0.05, 0) is 19.1 Å². The van der Waals surface area contributed by atoms with E-state index in [9.17, 15) is 18.0 Å². The van der Waals surface area contributed by atoms with E-state index in [1.54, 1.807) is 14.0 Å². The van der Waals surface area contributed by atoms with E-state index in [1.807, 2.05) is 0 Å². The summed E-state index contributed by atoms with van der Waals surface area (Å²) in [7, 11) is 1.57. The number of esters is 1. The molecule has 1 heterocycles. The molecule has 0 aliphatic rings. The Bertz CT molecular complexity index is 647. The van der Waals surface area contributed by atoms with Crippen LogP contribution in [0.4, 0.5) is 13.2 Å². The molecule has 0 spiro atoms. The van der Waals surface area contributed by atoms with E-state index in [4.69, 9.17) is 4.74 Å². The summed E-state index contributed by atoms with van der Waals surface area (Å²) in [5.41, 5.74) is -0.623. The lowest BCUT2D eigenvalue weighted by atomic mass is 10.2. The summed E-state index contributed by atoms with van der Waals surface area (Å²) < 4.78 is 45.0. The third-order valence-corrected chi connectivity index (χ3v) is 2.92. The quantitative estimate of drug-likeness (QED) is 0.815. The molecule has 0 unspecified atom stereocenters. The van der Waals surface area contributed by atoms with Crippen LogP contribution in [0.25, 0.3) is 11.0 Å². The van der Waals surface area contributed by atoms with Gasteiger partial charge >= 0.3 is 12.1 Å². The van der Waals surface area contributed by atoms with Crippen LogP contribution in [0.5, 0.6) is 0 Å². The Morgan fingerprint density at radius 3 is 2.70 bits per heavy atom. The molecule has 0 aliphatic carbocycles. The maximum Gasteiger partial charge on any atom is 0.418 e. The molecule has 108 valence electrons. The second-order valence-corrected chi connectivity index (χ2v) is 4.24. The zero-order valence-electron chi connectivity index (χ0n) is 11.0. The number of aromatic nitrogens is 2. The fraction of sp³-hybridized carbons (Fsp3) is 0.385. The summed E-state index contributed by atoms with van der Waals surface area (Å²) in [5, 5.41) is 0. The molecule has 0 amide bonds. The Balaban J connectivity index is 2.50. The number of ether oxygens (including phenoxy) is 1. The van der Waals surface area contributed by atoms with Crippen LogP contribution >= 0.6 is 0 Å². The van der Waals surface area contributed by atoms with Crippen molar-refractivity contribution >= 4 is 17.0 Å². The maximum absolute atomic E-state index is 12.9. The van der Waals surface area contributed by atoms with Gasteiger partial charge in [-0.1, -0.05) is 6.07 Å². The van der Waals surface area contributed by atoms with Gasteiger partial charge in [-0.2, -0.15) is 13.2 Å². The number of carbonyl (C=O) groups is 1. The van der Waals surface area contributed by atoms with E-state index < -0.39 is 17.7 Å². The van der Waals surface area contributed by atoms with Crippen molar-refractivity contribution in [2.24, 2.45) is 7.05 Å². The molecule has 7 heteroatoms. The molecular formula is C13H13F3N2O2. The molecule has 0 saturated heterocycles. The molecule has 0 N–H and O–H groups in total. The molecule has 2 aromatic rings. The van der Waals surface area contributed by atoms with Crippen LogP contribution < -0.4 is 0 Å². The van der Waals surface area contributed by atoms with Gasteiger partial charge in [-0.15, -0.1) is 0 Å². The van der Waals surface area contributed by atoms with Crippen LogP contribution in [0.15, 0.2) is 18.2 Å². The first-order valence-electron chi connectivity index (χ1n) is 6.01. The third kappa shape index (κ3) is 2.61. The van der Waals surface area contributed by atoms with Gasteiger partial charge in [-0.3, -0.25) is 4.79 Å². The average molecular weight is 286 g/mol. The second kappa shape index (κ2) is 5.15. The summed E-state index contributed by atoms with van der Waals surface area (Å²) in [5.74, 6) is -0.269. The molecule has 0 aliphatic heterocycles. The summed E-state index contributed by atoms with van der Waals surface area (Å²) in [4.78, 5) is 15.4. The molecule has 4 nitrogen and oxygen atoms in total. The van der Waals surface area contributed by atoms with Crippen LogP contribution in [-0.4, -0.2) is 22.1 Å². The minimum absolute atomic E-state index is 0.151. The number of imidazole rings is 1. The van der Waals surface area contributed by atoms with Crippen molar-refractivity contribution in [3.05, 3.63) is 29.6 Å². The highest BCUT2D eigenvalue weighted by molar-refractivity contribution is 5.81. The summed E-state index contributed by atoms with van der Waals surface area (Å²) in [6, 6.07) is 3.83. The lowest BCUT2D eigenvalue weighted by molar-refractivity contribution is -0.142. The summed E-state index contributed by atoms with van der Waals surface area (Å²) in [6.07, 6.45) is -4.63. The normalized spacial score (nSPS) is 11.8. The van der Waals surface area contributed by atoms with Crippen LogP contribution in [-0.2, 0) is 29.2 Å². The number of benzene rings is 1. The molecular weight excluding hydrogens is 273 g/mol. The number of hydrogen-bond donors (Lipinski definition) is 0. The van der Waals surface area contributed by atoms with E-state index in [2.05, 4.69) is 4.98 Å². The fourth-order valence-electron chi connectivity index (χ4n) is 1.99. The van der Waals surface area contributed by atoms with Crippen molar-refractivity contribution in [2.45, 2.75) is 19.5 Å². The van der Waals surface area contributed by atoms with Gasteiger partial charge in [0.25, 0.3) is 0 Å². The largest absolute Gasteiger partial charge is 0.466 e. The van der Waals surface area contributed by atoms with Crippen LogP contribution in [0.1, 0.15) is 18.3 Å². The van der Waals surface area contributed by atoms with Gasteiger partial charge in [0.15, 0.2) is 0 Å². The molecule has 0 radical (unpaired) electrons. The summed E-state index contributed by atoms with van der Waals surface area (Å²) >= 11 is 0. The summed E-state index contributed by atoms with van der Waals surface area (Å²) in [6.45, 7) is 1.88. The van der Waals surface area contributed by atoms with Crippen LogP contribution in [0.2, 0.25) is 0 Å². The standard InChI is InChI=1S/C13H13F3N2O2/c1-3-20-11(19)7-10-17-12-8(13(14,15)16)5-4-6-9(12)18(10)2/h4-6H,3,7H2,1-2H3. The van der Waals surface area contributed by atoms with Gasteiger partial charge in [0, 0.05) is 7.05 Å². The highest BCUT2D eigenvalue weighted by Crippen LogP contribution is 2.34. The lowest BCUT2D eigenvalue weighted by Crippen LogP contribution is -2.11. The Morgan fingerprint density at radius 2 is 2.10 bits per heavy atom. The van der Waals surface area contributed by atoms with Crippen molar-refractivity contribution in [1.82, 2.24) is 9.55 Å². The van der Waals surface area contributed by atoms with Gasteiger partial charge in [0.1, 0.15) is 17.8 Å². The molecule has 20 heavy (non-hydrogen) atoms. The van der Waals surface area contributed by atoms with Gasteiger partial charge < -0.3 is 9.30 Å². The first-order valence-corrected chi connectivity index (χ1v) is 6.01. The van der Waals surface area contributed by atoms with Gasteiger partial charge in [0.2, 0.25) is 0 Å². The third-order valence-electron chi connectivity index (χ3n) is 2.92. The Morgan fingerprint density at radius 1 is 1.40 bits per heavy atom. The van der Waals surface area contributed by atoms with E-state index in [0.29, 0.717) is 5.52 Å². The van der Waals surface area contributed by atoms with Crippen molar-refractivity contribution in [1.29, 1.82) is 0 Å². The highest BCUT2D eigenvalue weighted by atomic mass is 19.4. The van der Waals surface area contributed by atoms with Gasteiger partial charge in [-0.25, -0.2) is 4.98 Å². The first-order chi connectivity index (χ1) is 9.34. The molecule has 1 aromatic heterocycles. The molecule has 0 atom stereocenters. The first kappa shape index (κ1) is 14.4. The van der Waals surface area contributed by atoms with E-state index in [1.165, 1.54) is 16.7 Å². The number of rotatable bonds is 3. The van der Waals surface area contributed by atoms with Gasteiger partial charge in [0.05, 0.1) is 17.7 Å². The van der Waals surface area contributed by atoms with E-state index in [-0.39, 0.29) is 24.4 Å². The molecule has 0 bridgehead atoms. The van der Waals surface area contributed by atoms with Crippen molar-refractivity contribution in [3.8, 4) is 0 Å². The number of halogens is 3. The fourth-order valence-corrected chi connectivity index (χ4v) is 1.99. The molecule has 2 rings (SSSR count). The smallest absolute Gasteiger partial charge is 0.418 e. The minimum Gasteiger partial charge on any atom is -0.466 e. The topological polar surface area (TPSA) is 44.1 Å². The zero-order chi connectivity index (χ0) is 14.9. The number of fused-ring (bicyclic) bond motifs is 1. The predicted molar refractivity (Wildman–Crippen MR) is 66.1 cm³/mol. The SMILES string of the molecule is CCOC(=O)Cc1nc2c(C(F)(F)F)cccc2n1C. The molecule has 0 fully saturated rings. The van der Waals surface area contributed by atoms with Crippen molar-refractivity contribution in [3.63, 3.8) is 0 Å². The van der Waals surface area contributed by atoms with E-state index >= 15 is 0 Å².